The number of methoxy groups -OCH3 is 1. The minimum atomic E-state index is -0.116. The fourth-order valence-electron chi connectivity index (χ4n) is 2.03. The highest BCUT2D eigenvalue weighted by Gasteiger charge is 2.26. The molecule has 1 aliphatic carbocycles. The van der Waals surface area contributed by atoms with Crippen LogP contribution in [0.4, 0.5) is 0 Å². The Balaban J connectivity index is 1.92. The maximum atomic E-state index is 12.2. The highest BCUT2D eigenvalue weighted by atomic mass is 16.5. The maximum absolute atomic E-state index is 12.2. The number of rotatable bonds is 3. The second kappa shape index (κ2) is 4.99. The number of hydrogen-bond donors (Lipinski definition) is 1. The Hall–Kier alpha value is -1.91. The minimum absolute atomic E-state index is 0.116. The van der Waals surface area contributed by atoms with E-state index < -0.39 is 0 Å². The van der Waals surface area contributed by atoms with Gasteiger partial charge >= 0.3 is 0 Å². The van der Waals surface area contributed by atoms with Crippen LogP contribution in [0.1, 0.15) is 29.6 Å². The summed E-state index contributed by atoms with van der Waals surface area (Å²) < 4.78 is 16.5. The SMILES string of the molecule is COc1cc2c(cc1C(=O)NC1CC1)OCCCO2. The largest absolute Gasteiger partial charge is 0.496 e. The summed E-state index contributed by atoms with van der Waals surface area (Å²) in [5.74, 6) is 1.65. The molecule has 2 aliphatic rings. The summed E-state index contributed by atoms with van der Waals surface area (Å²) in [6.45, 7) is 1.22. The average molecular weight is 263 g/mol. The lowest BCUT2D eigenvalue weighted by Gasteiger charge is -2.13. The molecule has 1 amide bonds. The molecule has 19 heavy (non-hydrogen) atoms. The van der Waals surface area contributed by atoms with E-state index in [0.29, 0.717) is 42.1 Å². The van der Waals surface area contributed by atoms with Gasteiger partial charge in [-0.1, -0.05) is 0 Å². The molecule has 1 saturated carbocycles. The molecule has 1 N–H and O–H groups in total. The first-order valence-corrected chi connectivity index (χ1v) is 6.56. The predicted molar refractivity (Wildman–Crippen MR) is 69.1 cm³/mol. The van der Waals surface area contributed by atoms with Gasteiger partial charge in [0.1, 0.15) is 5.75 Å². The molecule has 1 aromatic carbocycles. The molecule has 1 aliphatic heterocycles. The van der Waals surface area contributed by atoms with Crippen molar-refractivity contribution in [1.29, 1.82) is 0 Å². The molecule has 0 radical (unpaired) electrons. The smallest absolute Gasteiger partial charge is 0.255 e. The minimum Gasteiger partial charge on any atom is -0.496 e. The summed E-state index contributed by atoms with van der Waals surface area (Å²) >= 11 is 0. The Morgan fingerprint density at radius 3 is 2.58 bits per heavy atom. The van der Waals surface area contributed by atoms with E-state index in [9.17, 15) is 4.79 Å². The van der Waals surface area contributed by atoms with Gasteiger partial charge in [-0.3, -0.25) is 4.79 Å². The fourth-order valence-corrected chi connectivity index (χ4v) is 2.03. The van der Waals surface area contributed by atoms with Crippen molar-refractivity contribution in [3.63, 3.8) is 0 Å². The molecule has 1 fully saturated rings. The molecule has 0 spiro atoms. The van der Waals surface area contributed by atoms with Crippen molar-refractivity contribution in [2.45, 2.75) is 25.3 Å². The number of benzene rings is 1. The third-order valence-electron chi connectivity index (χ3n) is 3.23. The molecule has 102 valence electrons. The Kier molecular flexibility index (Phi) is 3.19. The molecule has 5 heteroatoms. The first kappa shape index (κ1) is 12.1. The van der Waals surface area contributed by atoms with E-state index >= 15 is 0 Å². The molecule has 0 unspecified atom stereocenters. The van der Waals surface area contributed by atoms with E-state index in [1.54, 1.807) is 19.2 Å². The highest BCUT2D eigenvalue weighted by molar-refractivity contribution is 5.98. The summed E-state index contributed by atoms with van der Waals surface area (Å²) in [6.07, 6.45) is 2.94. The lowest BCUT2D eigenvalue weighted by Crippen LogP contribution is -2.25. The zero-order valence-corrected chi connectivity index (χ0v) is 10.9. The number of carbonyl (C=O) groups is 1. The van der Waals surface area contributed by atoms with Crippen molar-refractivity contribution >= 4 is 5.91 Å². The quantitative estimate of drug-likeness (QED) is 0.902. The summed E-state index contributed by atoms with van der Waals surface area (Å²) in [7, 11) is 1.55. The zero-order valence-electron chi connectivity index (χ0n) is 10.9. The van der Waals surface area contributed by atoms with Gasteiger partial charge in [-0.25, -0.2) is 0 Å². The number of amides is 1. The first-order chi connectivity index (χ1) is 9.28. The number of fused-ring (bicyclic) bond motifs is 1. The van der Waals surface area contributed by atoms with Crippen molar-refractivity contribution in [1.82, 2.24) is 5.32 Å². The van der Waals surface area contributed by atoms with Gasteiger partial charge in [0.15, 0.2) is 11.5 Å². The number of hydrogen-bond acceptors (Lipinski definition) is 4. The third kappa shape index (κ3) is 2.59. The summed E-state index contributed by atoms with van der Waals surface area (Å²) in [6, 6.07) is 3.74. The monoisotopic (exact) mass is 263 g/mol. The van der Waals surface area contributed by atoms with Crippen LogP contribution in [0.3, 0.4) is 0 Å². The lowest BCUT2D eigenvalue weighted by atomic mass is 10.1. The summed E-state index contributed by atoms with van der Waals surface area (Å²) in [4.78, 5) is 12.2. The normalized spacial score (nSPS) is 17.5. The van der Waals surface area contributed by atoms with E-state index in [2.05, 4.69) is 5.32 Å². The van der Waals surface area contributed by atoms with Gasteiger partial charge in [-0.05, 0) is 12.8 Å². The molecule has 0 saturated heterocycles. The second-order valence-corrected chi connectivity index (χ2v) is 4.80. The number of nitrogens with one attached hydrogen (secondary N) is 1. The van der Waals surface area contributed by atoms with E-state index in [-0.39, 0.29) is 5.91 Å². The van der Waals surface area contributed by atoms with Crippen LogP contribution < -0.4 is 19.5 Å². The topological polar surface area (TPSA) is 56.8 Å². The molecule has 1 aromatic rings. The van der Waals surface area contributed by atoms with Crippen LogP contribution in [0.2, 0.25) is 0 Å². The van der Waals surface area contributed by atoms with Crippen LogP contribution in [0.25, 0.3) is 0 Å². The van der Waals surface area contributed by atoms with E-state index in [0.717, 1.165) is 19.3 Å². The Bertz CT molecular complexity index is 496. The van der Waals surface area contributed by atoms with Crippen molar-refractivity contribution in [2.75, 3.05) is 20.3 Å². The molecular weight excluding hydrogens is 246 g/mol. The van der Waals surface area contributed by atoms with E-state index in [4.69, 9.17) is 14.2 Å². The molecule has 0 bridgehead atoms. The highest BCUT2D eigenvalue weighted by Crippen LogP contribution is 2.36. The van der Waals surface area contributed by atoms with Crippen molar-refractivity contribution in [3.05, 3.63) is 17.7 Å². The standard InChI is InChI=1S/C14H17NO4/c1-17-11-8-13-12(18-5-2-6-19-13)7-10(11)14(16)15-9-3-4-9/h7-9H,2-6H2,1H3,(H,15,16). The summed E-state index contributed by atoms with van der Waals surface area (Å²) in [5, 5.41) is 2.95. The Morgan fingerprint density at radius 1 is 1.26 bits per heavy atom. The maximum Gasteiger partial charge on any atom is 0.255 e. The van der Waals surface area contributed by atoms with Crippen molar-refractivity contribution < 1.29 is 19.0 Å². The molecule has 3 rings (SSSR count). The molecule has 5 nitrogen and oxygen atoms in total. The predicted octanol–water partition coefficient (Wildman–Crippen LogP) is 1.75. The second-order valence-electron chi connectivity index (χ2n) is 4.80. The molecule has 1 heterocycles. The van der Waals surface area contributed by atoms with E-state index in [1.165, 1.54) is 0 Å². The molecule has 0 aromatic heterocycles. The van der Waals surface area contributed by atoms with Gasteiger partial charge in [-0.2, -0.15) is 0 Å². The van der Waals surface area contributed by atoms with Gasteiger partial charge in [0.2, 0.25) is 0 Å². The van der Waals surface area contributed by atoms with Crippen LogP contribution in [-0.2, 0) is 0 Å². The van der Waals surface area contributed by atoms with Crippen LogP contribution in [-0.4, -0.2) is 32.3 Å². The number of ether oxygens (including phenoxy) is 3. The van der Waals surface area contributed by atoms with Gasteiger partial charge in [0, 0.05) is 24.6 Å². The molecule has 0 atom stereocenters. The third-order valence-corrected chi connectivity index (χ3v) is 3.23. The Morgan fingerprint density at radius 2 is 1.95 bits per heavy atom. The lowest BCUT2D eigenvalue weighted by molar-refractivity contribution is 0.0947. The average Bonchev–Trinajstić information content (AvgIpc) is 3.23. The van der Waals surface area contributed by atoms with Crippen molar-refractivity contribution in [2.24, 2.45) is 0 Å². The van der Waals surface area contributed by atoms with Gasteiger partial charge in [-0.15, -0.1) is 0 Å². The van der Waals surface area contributed by atoms with Gasteiger partial charge < -0.3 is 19.5 Å². The first-order valence-electron chi connectivity index (χ1n) is 6.56. The van der Waals surface area contributed by atoms with Crippen LogP contribution >= 0.6 is 0 Å². The Labute approximate surface area is 111 Å². The fraction of sp³-hybridized carbons (Fsp3) is 0.500. The number of carbonyl (C=O) groups excluding carboxylic acids is 1. The van der Waals surface area contributed by atoms with Crippen LogP contribution in [0.5, 0.6) is 17.2 Å². The molecular formula is C14H17NO4. The van der Waals surface area contributed by atoms with Crippen LogP contribution in [0, 0.1) is 0 Å². The van der Waals surface area contributed by atoms with Gasteiger partial charge in [0.05, 0.1) is 25.9 Å². The zero-order chi connectivity index (χ0) is 13.2. The van der Waals surface area contributed by atoms with Gasteiger partial charge in [0.25, 0.3) is 5.91 Å². The van der Waals surface area contributed by atoms with Crippen molar-refractivity contribution in [3.8, 4) is 17.2 Å². The van der Waals surface area contributed by atoms with Crippen LogP contribution in [0.15, 0.2) is 12.1 Å². The van der Waals surface area contributed by atoms with E-state index in [1.807, 2.05) is 0 Å². The summed E-state index contributed by atoms with van der Waals surface area (Å²) in [5.41, 5.74) is 0.499.